The number of anilines is 1. The van der Waals surface area contributed by atoms with Crippen LogP contribution in [0.15, 0.2) is 33.4 Å². The molecule has 5 nitrogen and oxygen atoms in total. The second-order valence-electron chi connectivity index (χ2n) is 4.11. The van der Waals surface area contributed by atoms with Gasteiger partial charge in [0.15, 0.2) is 10.8 Å². The van der Waals surface area contributed by atoms with Gasteiger partial charge in [0.25, 0.3) is 0 Å². The maximum absolute atomic E-state index is 12.0. The topological polar surface area (TPSA) is 68.3 Å². The summed E-state index contributed by atoms with van der Waals surface area (Å²) >= 11 is 8.46. The maximum Gasteiger partial charge on any atom is 0.359 e. The molecule has 0 aliphatic heterocycles. The largest absolute Gasteiger partial charge is 0.461 e. The van der Waals surface area contributed by atoms with Gasteiger partial charge < -0.3 is 10.1 Å². The summed E-state index contributed by atoms with van der Waals surface area (Å²) in [6, 6.07) is 7.23. The van der Waals surface area contributed by atoms with Gasteiger partial charge in [0.1, 0.15) is 4.21 Å². The third kappa shape index (κ3) is 4.46. The molecule has 0 spiro atoms. The number of aromatic nitrogens is 1. The molecule has 0 saturated carbocycles. The number of hydrogen-bond acceptors (Lipinski definition) is 6. The Morgan fingerprint density at radius 1 is 1.36 bits per heavy atom. The van der Waals surface area contributed by atoms with Crippen molar-refractivity contribution in [3.8, 4) is 0 Å². The molecule has 1 heterocycles. The minimum atomic E-state index is -0.508. The Morgan fingerprint density at radius 2 is 2.05 bits per heavy atom. The summed E-state index contributed by atoms with van der Waals surface area (Å²) in [5.41, 5.74) is 0.204. The van der Waals surface area contributed by atoms with E-state index in [1.54, 1.807) is 19.1 Å². The van der Waals surface area contributed by atoms with Crippen LogP contribution in [-0.2, 0) is 9.53 Å². The summed E-state index contributed by atoms with van der Waals surface area (Å²) in [5.74, 6) is -0.751. The number of esters is 1. The molecule has 1 N–H and O–H groups in total. The van der Waals surface area contributed by atoms with Gasteiger partial charge in [-0.05, 0) is 31.2 Å². The number of amides is 1. The van der Waals surface area contributed by atoms with Gasteiger partial charge in [-0.25, -0.2) is 9.78 Å². The Balaban J connectivity index is 2.30. The summed E-state index contributed by atoms with van der Waals surface area (Å²) in [5, 5.41) is 3.59. The summed E-state index contributed by atoms with van der Waals surface area (Å²) in [4.78, 5) is 28.2. The Morgan fingerprint density at radius 3 is 2.64 bits per heavy atom. The van der Waals surface area contributed by atoms with Gasteiger partial charge in [0.05, 0.1) is 6.61 Å². The number of benzene rings is 1. The van der Waals surface area contributed by atoms with Crippen LogP contribution in [0.1, 0.15) is 24.3 Å². The molecule has 0 unspecified atom stereocenters. The van der Waals surface area contributed by atoms with E-state index in [-0.39, 0.29) is 18.2 Å². The van der Waals surface area contributed by atoms with Gasteiger partial charge in [-0.2, -0.15) is 0 Å². The Kier molecular flexibility index (Phi) is 5.82. The van der Waals surface area contributed by atoms with E-state index < -0.39 is 5.97 Å². The molecule has 1 aromatic carbocycles. The molecule has 2 rings (SSSR count). The molecule has 1 amide bonds. The molecule has 8 heteroatoms. The Bertz CT molecular complexity index is 686. The van der Waals surface area contributed by atoms with Gasteiger partial charge in [-0.3, -0.25) is 4.79 Å². The first-order valence-electron chi connectivity index (χ1n) is 6.38. The number of halogens is 1. The van der Waals surface area contributed by atoms with E-state index in [2.05, 4.69) is 10.3 Å². The molecule has 0 aliphatic rings. The van der Waals surface area contributed by atoms with Crippen molar-refractivity contribution in [3.05, 3.63) is 35.0 Å². The Hall–Kier alpha value is -1.57. The number of carbonyl (C=O) groups excluding carboxylic acids is 2. The second-order valence-corrected chi connectivity index (χ2v) is 6.89. The SMILES string of the molecule is CCOC(=O)c1nc(NC(C)=O)sc1Sc1ccc(Cl)cc1. The van der Waals surface area contributed by atoms with Crippen LogP contribution in [0.2, 0.25) is 5.02 Å². The molecule has 2 aromatic rings. The van der Waals surface area contributed by atoms with Gasteiger partial charge >= 0.3 is 5.97 Å². The molecular weight excluding hydrogens is 344 g/mol. The third-order valence-electron chi connectivity index (χ3n) is 2.37. The lowest BCUT2D eigenvalue weighted by Crippen LogP contribution is -2.08. The van der Waals surface area contributed by atoms with E-state index in [0.29, 0.717) is 14.4 Å². The molecule has 1 aromatic heterocycles. The fraction of sp³-hybridized carbons (Fsp3) is 0.214. The lowest BCUT2D eigenvalue weighted by molar-refractivity contribution is -0.114. The average Bonchev–Trinajstić information content (AvgIpc) is 2.83. The molecule has 0 bridgehead atoms. The third-order valence-corrected chi connectivity index (χ3v) is 4.78. The van der Waals surface area contributed by atoms with Crippen molar-refractivity contribution in [3.63, 3.8) is 0 Å². The molecular formula is C14H13ClN2O3S2. The molecule has 116 valence electrons. The van der Waals surface area contributed by atoms with Crippen molar-refractivity contribution in [2.75, 3.05) is 11.9 Å². The molecule has 0 fully saturated rings. The molecule has 0 saturated heterocycles. The van der Waals surface area contributed by atoms with Crippen LogP contribution in [0.5, 0.6) is 0 Å². The van der Waals surface area contributed by atoms with Crippen molar-refractivity contribution >= 4 is 51.7 Å². The monoisotopic (exact) mass is 356 g/mol. The number of hydrogen-bond donors (Lipinski definition) is 1. The highest BCUT2D eigenvalue weighted by atomic mass is 35.5. The van der Waals surface area contributed by atoms with Gasteiger partial charge in [0, 0.05) is 16.8 Å². The van der Waals surface area contributed by atoms with E-state index in [0.717, 1.165) is 4.90 Å². The van der Waals surface area contributed by atoms with Crippen LogP contribution in [0.3, 0.4) is 0 Å². The van der Waals surface area contributed by atoms with E-state index in [1.807, 2.05) is 12.1 Å². The lowest BCUT2D eigenvalue weighted by Gasteiger charge is -2.02. The summed E-state index contributed by atoms with van der Waals surface area (Å²) in [6.07, 6.45) is 0. The predicted octanol–water partition coefficient (Wildman–Crippen LogP) is 4.08. The van der Waals surface area contributed by atoms with Crippen LogP contribution in [0, 0.1) is 0 Å². The van der Waals surface area contributed by atoms with Gasteiger partial charge in [-0.15, -0.1) is 0 Å². The lowest BCUT2D eigenvalue weighted by atomic mass is 10.4. The normalized spacial score (nSPS) is 10.3. The minimum absolute atomic E-state index is 0.204. The van der Waals surface area contributed by atoms with Crippen LogP contribution < -0.4 is 5.32 Å². The number of thiazole rings is 1. The van der Waals surface area contributed by atoms with Crippen LogP contribution in [0.25, 0.3) is 0 Å². The molecule has 0 atom stereocenters. The summed E-state index contributed by atoms with van der Waals surface area (Å²) in [7, 11) is 0. The highest BCUT2D eigenvalue weighted by molar-refractivity contribution is 8.01. The first kappa shape index (κ1) is 16.8. The number of rotatable bonds is 5. The number of carbonyl (C=O) groups is 2. The zero-order valence-corrected chi connectivity index (χ0v) is 14.3. The zero-order chi connectivity index (χ0) is 16.1. The van der Waals surface area contributed by atoms with Gasteiger partial charge in [-0.1, -0.05) is 34.7 Å². The standard InChI is InChI=1S/C14H13ClN2O3S2/c1-3-20-12(19)11-13(22-14(17-11)16-8(2)18)21-10-6-4-9(15)5-7-10/h4-7H,3H2,1-2H3,(H,16,17,18). The van der Waals surface area contributed by atoms with Crippen molar-refractivity contribution in [2.24, 2.45) is 0 Å². The number of nitrogens with zero attached hydrogens (tertiary/aromatic N) is 1. The quantitative estimate of drug-likeness (QED) is 0.817. The molecule has 0 radical (unpaired) electrons. The van der Waals surface area contributed by atoms with E-state index in [4.69, 9.17) is 16.3 Å². The summed E-state index contributed by atoms with van der Waals surface area (Å²) in [6.45, 7) is 3.37. The fourth-order valence-corrected chi connectivity index (χ4v) is 3.78. The van der Waals surface area contributed by atoms with Crippen molar-refractivity contribution in [2.45, 2.75) is 23.0 Å². The molecule has 0 aliphatic carbocycles. The highest BCUT2D eigenvalue weighted by Gasteiger charge is 2.21. The summed E-state index contributed by atoms with van der Waals surface area (Å²) < 4.78 is 5.66. The smallest absolute Gasteiger partial charge is 0.359 e. The minimum Gasteiger partial charge on any atom is -0.461 e. The van der Waals surface area contributed by atoms with Crippen molar-refractivity contribution in [1.82, 2.24) is 4.98 Å². The number of nitrogens with one attached hydrogen (secondary N) is 1. The zero-order valence-electron chi connectivity index (χ0n) is 11.9. The van der Waals surface area contributed by atoms with Crippen LogP contribution in [0.4, 0.5) is 5.13 Å². The number of ether oxygens (including phenoxy) is 1. The van der Waals surface area contributed by atoms with Crippen LogP contribution >= 0.6 is 34.7 Å². The molecule has 22 heavy (non-hydrogen) atoms. The highest BCUT2D eigenvalue weighted by Crippen LogP contribution is 2.38. The van der Waals surface area contributed by atoms with Crippen molar-refractivity contribution in [1.29, 1.82) is 0 Å². The maximum atomic E-state index is 12.0. The van der Waals surface area contributed by atoms with Gasteiger partial charge in [0.2, 0.25) is 5.91 Å². The van der Waals surface area contributed by atoms with E-state index in [1.165, 1.54) is 30.0 Å². The van der Waals surface area contributed by atoms with Crippen LogP contribution in [-0.4, -0.2) is 23.5 Å². The second kappa shape index (κ2) is 7.62. The van der Waals surface area contributed by atoms with Crippen molar-refractivity contribution < 1.29 is 14.3 Å². The first-order valence-corrected chi connectivity index (χ1v) is 8.39. The fourth-order valence-electron chi connectivity index (χ4n) is 1.52. The van der Waals surface area contributed by atoms with E-state index >= 15 is 0 Å². The Labute approximate surface area is 141 Å². The average molecular weight is 357 g/mol. The van der Waals surface area contributed by atoms with E-state index in [9.17, 15) is 9.59 Å². The predicted molar refractivity (Wildman–Crippen MR) is 87.9 cm³/mol. The first-order chi connectivity index (χ1) is 10.5.